The minimum atomic E-state index is 0.155. The van der Waals surface area contributed by atoms with Crippen molar-refractivity contribution in [2.45, 2.75) is 65.0 Å². The van der Waals surface area contributed by atoms with E-state index in [1.165, 1.54) is 27.8 Å². The van der Waals surface area contributed by atoms with Gasteiger partial charge in [-0.1, -0.05) is 102 Å². The number of benzene rings is 3. The van der Waals surface area contributed by atoms with Crippen LogP contribution in [0.25, 0.3) is 0 Å². The minimum Gasteiger partial charge on any atom is -0.508 e. The third-order valence-electron chi connectivity index (χ3n) is 7.30. The first-order chi connectivity index (χ1) is 16.5. The number of nitrogens with zero attached hydrogens (tertiary/aromatic N) is 2. The van der Waals surface area contributed by atoms with Crippen molar-refractivity contribution in [1.82, 2.24) is 9.80 Å². The molecule has 0 saturated carbocycles. The van der Waals surface area contributed by atoms with E-state index in [4.69, 9.17) is 0 Å². The molecular formula is C32H42N2O. The van der Waals surface area contributed by atoms with Crippen LogP contribution in [0, 0.1) is 0 Å². The molecule has 1 fully saturated rings. The molecule has 1 N–H and O–H groups in total. The molecule has 1 saturated heterocycles. The summed E-state index contributed by atoms with van der Waals surface area (Å²) in [5.74, 6) is 0.330. The molecule has 1 heterocycles. The van der Waals surface area contributed by atoms with Gasteiger partial charge in [0.05, 0.1) is 6.04 Å². The average molecular weight is 471 g/mol. The topological polar surface area (TPSA) is 26.7 Å². The van der Waals surface area contributed by atoms with E-state index in [0.29, 0.717) is 5.75 Å². The first-order valence-electron chi connectivity index (χ1n) is 13.0. The van der Waals surface area contributed by atoms with Gasteiger partial charge in [-0.2, -0.15) is 0 Å². The minimum absolute atomic E-state index is 0.155. The Morgan fingerprint density at radius 2 is 1.06 bits per heavy atom. The van der Waals surface area contributed by atoms with Crippen LogP contribution in [-0.2, 0) is 17.4 Å². The number of phenolic OH excluding ortho intramolecular Hbond substituents is 1. The number of hydrogen-bond donors (Lipinski definition) is 1. The molecule has 0 bridgehead atoms. The molecule has 0 radical (unpaired) electrons. The fourth-order valence-electron chi connectivity index (χ4n) is 4.98. The van der Waals surface area contributed by atoms with Gasteiger partial charge < -0.3 is 5.11 Å². The van der Waals surface area contributed by atoms with Gasteiger partial charge in [-0.25, -0.2) is 0 Å². The highest BCUT2D eigenvalue weighted by molar-refractivity contribution is 5.38. The Kier molecular flexibility index (Phi) is 7.40. The maximum Gasteiger partial charge on any atom is 0.115 e. The van der Waals surface area contributed by atoms with Crippen molar-refractivity contribution in [3.63, 3.8) is 0 Å². The third kappa shape index (κ3) is 6.34. The summed E-state index contributed by atoms with van der Waals surface area (Å²) in [6, 6.07) is 26.5. The summed E-state index contributed by atoms with van der Waals surface area (Å²) in [6.45, 7) is 18.7. The van der Waals surface area contributed by atoms with Gasteiger partial charge in [-0.3, -0.25) is 9.80 Å². The summed E-state index contributed by atoms with van der Waals surface area (Å²) >= 11 is 0. The third-order valence-corrected chi connectivity index (χ3v) is 7.30. The second-order valence-electron chi connectivity index (χ2n) is 12.1. The molecule has 0 amide bonds. The van der Waals surface area contributed by atoms with Gasteiger partial charge in [0, 0.05) is 32.7 Å². The lowest BCUT2D eigenvalue weighted by Crippen LogP contribution is -2.47. The summed E-state index contributed by atoms with van der Waals surface area (Å²) in [5.41, 5.74) is 7.05. The zero-order chi connectivity index (χ0) is 25.2. The highest BCUT2D eigenvalue weighted by Gasteiger charge is 2.27. The van der Waals surface area contributed by atoms with E-state index in [9.17, 15) is 5.11 Å². The van der Waals surface area contributed by atoms with Crippen LogP contribution in [0.5, 0.6) is 5.75 Å². The van der Waals surface area contributed by atoms with Gasteiger partial charge in [-0.05, 0) is 50.8 Å². The normalized spacial score (nSPS) is 16.1. The van der Waals surface area contributed by atoms with E-state index in [2.05, 4.69) is 99.9 Å². The Hall–Kier alpha value is -2.62. The molecular weight excluding hydrogens is 428 g/mol. The van der Waals surface area contributed by atoms with Crippen molar-refractivity contribution in [1.29, 1.82) is 0 Å². The van der Waals surface area contributed by atoms with Crippen molar-refractivity contribution in [3.8, 4) is 5.75 Å². The smallest absolute Gasteiger partial charge is 0.115 e. The average Bonchev–Trinajstić information content (AvgIpc) is 2.81. The molecule has 0 aliphatic carbocycles. The lowest BCUT2D eigenvalue weighted by atomic mass is 9.84. The van der Waals surface area contributed by atoms with Gasteiger partial charge in [0.1, 0.15) is 5.75 Å². The van der Waals surface area contributed by atoms with Gasteiger partial charge in [0.2, 0.25) is 0 Å². The van der Waals surface area contributed by atoms with Crippen molar-refractivity contribution < 1.29 is 5.11 Å². The Morgan fingerprint density at radius 3 is 1.46 bits per heavy atom. The summed E-state index contributed by atoms with van der Waals surface area (Å²) in [4.78, 5) is 5.16. The highest BCUT2D eigenvalue weighted by Crippen LogP contribution is 2.33. The number of piperazine rings is 1. The second kappa shape index (κ2) is 10.2. The van der Waals surface area contributed by atoms with Crippen LogP contribution in [0.4, 0.5) is 0 Å². The lowest BCUT2D eigenvalue weighted by Gasteiger charge is -2.40. The Labute approximate surface area is 212 Å². The second-order valence-corrected chi connectivity index (χ2v) is 12.1. The van der Waals surface area contributed by atoms with Gasteiger partial charge in [0.25, 0.3) is 0 Å². The standard InChI is InChI=1S/C32H42N2O/c1-31(2,3)27-13-9-25(10-14-27)30(26-11-15-28(16-12-26)32(4,5)6)34-21-19-33(20-22-34)23-24-7-17-29(35)18-8-24/h7-18,30,35H,19-23H2,1-6H3. The fourth-order valence-corrected chi connectivity index (χ4v) is 4.98. The molecule has 0 atom stereocenters. The van der Waals surface area contributed by atoms with Gasteiger partial charge in [0.15, 0.2) is 0 Å². The van der Waals surface area contributed by atoms with Crippen LogP contribution in [0.2, 0.25) is 0 Å². The van der Waals surface area contributed by atoms with Crippen molar-refractivity contribution in [2.24, 2.45) is 0 Å². The summed E-state index contributed by atoms with van der Waals surface area (Å²) in [5, 5.41) is 9.58. The predicted octanol–water partition coefficient (Wildman–Crippen LogP) is 6.89. The van der Waals surface area contributed by atoms with E-state index >= 15 is 0 Å². The number of aromatic hydroxyl groups is 1. The fraction of sp³-hybridized carbons (Fsp3) is 0.438. The van der Waals surface area contributed by atoms with Crippen molar-refractivity contribution in [2.75, 3.05) is 26.2 Å². The molecule has 35 heavy (non-hydrogen) atoms. The van der Waals surface area contributed by atoms with Crippen LogP contribution >= 0.6 is 0 Å². The molecule has 3 heteroatoms. The monoisotopic (exact) mass is 470 g/mol. The Bertz CT molecular complexity index is 1020. The van der Waals surface area contributed by atoms with E-state index in [1.807, 2.05) is 12.1 Å². The number of rotatable bonds is 5. The number of hydrogen-bond acceptors (Lipinski definition) is 3. The molecule has 186 valence electrons. The molecule has 1 aliphatic rings. The predicted molar refractivity (Wildman–Crippen MR) is 147 cm³/mol. The zero-order valence-corrected chi connectivity index (χ0v) is 22.4. The van der Waals surface area contributed by atoms with E-state index in [1.54, 1.807) is 12.1 Å². The van der Waals surface area contributed by atoms with Crippen LogP contribution in [0.3, 0.4) is 0 Å². The summed E-state index contributed by atoms with van der Waals surface area (Å²) in [7, 11) is 0. The van der Waals surface area contributed by atoms with E-state index < -0.39 is 0 Å². The molecule has 3 aromatic rings. The first kappa shape index (κ1) is 25.5. The van der Waals surface area contributed by atoms with Crippen LogP contribution < -0.4 is 0 Å². The quantitative estimate of drug-likeness (QED) is 0.440. The van der Waals surface area contributed by atoms with Crippen LogP contribution in [0.15, 0.2) is 72.8 Å². The maximum absolute atomic E-state index is 9.58. The van der Waals surface area contributed by atoms with E-state index in [-0.39, 0.29) is 16.9 Å². The maximum atomic E-state index is 9.58. The van der Waals surface area contributed by atoms with Crippen molar-refractivity contribution in [3.05, 3.63) is 101 Å². The zero-order valence-electron chi connectivity index (χ0n) is 22.4. The van der Waals surface area contributed by atoms with Crippen LogP contribution in [-0.4, -0.2) is 41.1 Å². The van der Waals surface area contributed by atoms with E-state index in [0.717, 1.165) is 32.7 Å². The molecule has 0 aromatic heterocycles. The largest absolute Gasteiger partial charge is 0.508 e. The highest BCUT2D eigenvalue weighted by atomic mass is 16.3. The lowest BCUT2D eigenvalue weighted by molar-refractivity contribution is 0.105. The van der Waals surface area contributed by atoms with Crippen LogP contribution in [0.1, 0.15) is 75.4 Å². The van der Waals surface area contributed by atoms with Crippen molar-refractivity contribution >= 4 is 0 Å². The molecule has 3 aromatic carbocycles. The Balaban J connectivity index is 1.55. The molecule has 0 unspecified atom stereocenters. The Morgan fingerprint density at radius 1 is 0.629 bits per heavy atom. The van der Waals surface area contributed by atoms with Gasteiger partial charge in [-0.15, -0.1) is 0 Å². The SMILES string of the molecule is CC(C)(C)c1ccc(C(c2ccc(C(C)(C)C)cc2)N2CCN(Cc3ccc(O)cc3)CC2)cc1. The summed E-state index contributed by atoms with van der Waals surface area (Å²) in [6.07, 6.45) is 0. The molecule has 1 aliphatic heterocycles. The number of phenols is 1. The molecule has 4 rings (SSSR count). The molecule has 3 nitrogen and oxygen atoms in total. The van der Waals surface area contributed by atoms with Gasteiger partial charge >= 0.3 is 0 Å². The summed E-state index contributed by atoms with van der Waals surface area (Å²) < 4.78 is 0. The first-order valence-corrected chi connectivity index (χ1v) is 13.0. The molecule has 0 spiro atoms.